The number of benzene rings is 3. The Bertz CT molecular complexity index is 1740. The van der Waals surface area contributed by atoms with Crippen LogP contribution < -0.4 is 0 Å². The van der Waals surface area contributed by atoms with Gasteiger partial charge >= 0.3 is 0 Å². The van der Waals surface area contributed by atoms with E-state index in [0.717, 1.165) is 24.0 Å². The highest BCUT2D eigenvalue weighted by molar-refractivity contribution is 6.13. The molecule has 0 atom stereocenters. The summed E-state index contributed by atoms with van der Waals surface area (Å²) in [5, 5.41) is 3.70. The van der Waals surface area contributed by atoms with Crippen LogP contribution in [0.1, 0.15) is 22.3 Å². The number of hydrogen-bond acceptors (Lipinski definition) is 2. The second-order valence-electron chi connectivity index (χ2n) is 8.75. The van der Waals surface area contributed by atoms with E-state index in [1.807, 2.05) is 24.8 Å². The van der Waals surface area contributed by atoms with Crippen LogP contribution in [0.5, 0.6) is 0 Å². The Hall–Kier alpha value is -3.98. The van der Waals surface area contributed by atoms with E-state index < -0.39 is 0 Å². The largest absolute Gasteiger partial charge is 0.298 e. The van der Waals surface area contributed by atoms with Gasteiger partial charge in [0.05, 0.1) is 11.7 Å². The second-order valence-corrected chi connectivity index (χ2v) is 8.75. The summed E-state index contributed by atoms with van der Waals surface area (Å²) in [4.78, 5) is 9.06. The van der Waals surface area contributed by atoms with Crippen molar-refractivity contribution in [3.05, 3.63) is 102 Å². The zero-order valence-electron chi connectivity index (χ0n) is 16.8. The maximum Gasteiger partial charge on any atom is 0.145 e. The Morgan fingerprint density at radius 3 is 2.35 bits per heavy atom. The van der Waals surface area contributed by atoms with Gasteiger partial charge in [0.25, 0.3) is 0 Å². The molecular weight excluding hydrogens is 378 g/mol. The predicted molar refractivity (Wildman–Crippen MR) is 124 cm³/mol. The lowest BCUT2D eigenvalue weighted by Crippen LogP contribution is -1.92. The summed E-state index contributed by atoms with van der Waals surface area (Å²) in [5.41, 5.74) is 13.4. The number of pyridine rings is 2. The fourth-order valence-corrected chi connectivity index (χ4v) is 5.78. The maximum absolute atomic E-state index is 4.70. The van der Waals surface area contributed by atoms with Crippen LogP contribution in [-0.4, -0.2) is 14.4 Å². The first-order valence-electron chi connectivity index (χ1n) is 10.7. The Kier molecular flexibility index (Phi) is 2.74. The average molecular weight is 395 g/mol. The molecule has 0 saturated heterocycles. The first kappa shape index (κ1) is 15.8. The first-order chi connectivity index (χ1) is 15.3. The standard InChI is InChI=1S/C28H17N3/c1-2-4-20-16(3-1)9-17-12-23-18(11-22(17)20)10-19-13-25-21-5-6-29-15-27(21)31-8-7-30-28(31)26(25)14-24(19)23/h1-8,11-15H,9-10H2. The predicted octanol–water partition coefficient (Wildman–Crippen LogP) is 6.18. The van der Waals surface area contributed by atoms with E-state index in [1.54, 1.807) is 0 Å². The van der Waals surface area contributed by atoms with Gasteiger partial charge in [-0.15, -0.1) is 0 Å². The Morgan fingerprint density at radius 1 is 0.645 bits per heavy atom. The van der Waals surface area contributed by atoms with Crippen molar-refractivity contribution in [2.75, 3.05) is 0 Å². The molecule has 3 aromatic carbocycles. The summed E-state index contributed by atoms with van der Waals surface area (Å²) in [6.45, 7) is 0. The monoisotopic (exact) mass is 395 g/mol. The highest BCUT2D eigenvalue weighted by Gasteiger charge is 2.26. The fourth-order valence-electron chi connectivity index (χ4n) is 5.78. The van der Waals surface area contributed by atoms with E-state index in [2.05, 4.69) is 64.0 Å². The topological polar surface area (TPSA) is 30.2 Å². The molecule has 2 aliphatic rings. The minimum atomic E-state index is 0.988. The van der Waals surface area contributed by atoms with Crippen molar-refractivity contribution in [1.29, 1.82) is 0 Å². The van der Waals surface area contributed by atoms with E-state index in [4.69, 9.17) is 4.98 Å². The van der Waals surface area contributed by atoms with Crippen LogP contribution in [0, 0.1) is 0 Å². The smallest absolute Gasteiger partial charge is 0.145 e. The molecule has 3 heteroatoms. The van der Waals surface area contributed by atoms with Crippen LogP contribution in [0.2, 0.25) is 0 Å². The molecular formula is C28H17N3. The van der Waals surface area contributed by atoms with Crippen LogP contribution >= 0.6 is 0 Å². The van der Waals surface area contributed by atoms with E-state index in [-0.39, 0.29) is 0 Å². The molecule has 6 aromatic rings. The van der Waals surface area contributed by atoms with Gasteiger partial charge < -0.3 is 0 Å². The van der Waals surface area contributed by atoms with E-state index >= 15 is 0 Å². The molecule has 144 valence electrons. The van der Waals surface area contributed by atoms with Gasteiger partial charge in [0.2, 0.25) is 0 Å². The number of hydrogen-bond donors (Lipinski definition) is 0. The molecule has 0 spiro atoms. The Balaban J connectivity index is 1.43. The van der Waals surface area contributed by atoms with Crippen molar-refractivity contribution in [3.63, 3.8) is 0 Å². The number of fused-ring (bicyclic) bond motifs is 12. The molecule has 3 nitrogen and oxygen atoms in total. The molecule has 3 heterocycles. The molecule has 8 rings (SSSR count). The molecule has 0 N–H and O–H groups in total. The lowest BCUT2D eigenvalue weighted by Gasteiger charge is -2.11. The summed E-state index contributed by atoms with van der Waals surface area (Å²) in [5.74, 6) is 0. The van der Waals surface area contributed by atoms with Gasteiger partial charge in [0.1, 0.15) is 5.65 Å². The zero-order valence-corrected chi connectivity index (χ0v) is 16.8. The highest BCUT2D eigenvalue weighted by Crippen LogP contribution is 2.46. The minimum Gasteiger partial charge on any atom is -0.298 e. The molecule has 0 saturated carbocycles. The average Bonchev–Trinajstić information content (AvgIpc) is 3.51. The van der Waals surface area contributed by atoms with Crippen LogP contribution in [-0.2, 0) is 12.8 Å². The molecule has 3 aromatic heterocycles. The molecule has 0 aliphatic heterocycles. The van der Waals surface area contributed by atoms with Gasteiger partial charge in [-0.25, -0.2) is 4.98 Å². The van der Waals surface area contributed by atoms with E-state index in [1.165, 1.54) is 60.7 Å². The number of imidazole rings is 1. The lowest BCUT2D eigenvalue weighted by atomic mass is 9.96. The molecule has 31 heavy (non-hydrogen) atoms. The molecule has 0 fully saturated rings. The number of aromatic nitrogens is 3. The van der Waals surface area contributed by atoms with Crippen LogP contribution in [0.4, 0.5) is 0 Å². The Labute approximate surface area is 178 Å². The molecule has 0 bridgehead atoms. The third kappa shape index (κ3) is 1.94. The fraction of sp³-hybridized carbons (Fsp3) is 0.0714. The summed E-state index contributed by atoms with van der Waals surface area (Å²) < 4.78 is 2.16. The summed E-state index contributed by atoms with van der Waals surface area (Å²) in [6.07, 6.45) is 9.75. The third-order valence-electron chi connectivity index (χ3n) is 7.16. The van der Waals surface area contributed by atoms with Gasteiger partial charge in [-0.1, -0.05) is 24.3 Å². The summed E-state index contributed by atoms with van der Waals surface area (Å²) in [7, 11) is 0. The van der Waals surface area contributed by atoms with Crippen molar-refractivity contribution in [3.8, 4) is 22.3 Å². The Morgan fingerprint density at radius 2 is 1.42 bits per heavy atom. The molecule has 0 radical (unpaired) electrons. The van der Waals surface area contributed by atoms with Gasteiger partial charge in [-0.2, -0.15) is 0 Å². The van der Waals surface area contributed by atoms with Gasteiger partial charge in [-0.3, -0.25) is 9.38 Å². The molecule has 0 amide bonds. The molecule has 2 aliphatic carbocycles. The maximum atomic E-state index is 4.70. The quantitative estimate of drug-likeness (QED) is 0.287. The zero-order chi connectivity index (χ0) is 20.1. The van der Waals surface area contributed by atoms with Crippen molar-refractivity contribution in [2.24, 2.45) is 0 Å². The highest BCUT2D eigenvalue weighted by atomic mass is 15.0. The van der Waals surface area contributed by atoms with Crippen molar-refractivity contribution in [1.82, 2.24) is 14.4 Å². The first-order valence-corrected chi connectivity index (χ1v) is 10.7. The lowest BCUT2D eigenvalue weighted by molar-refractivity contribution is 1.23. The van der Waals surface area contributed by atoms with E-state index in [0.29, 0.717) is 0 Å². The van der Waals surface area contributed by atoms with Crippen molar-refractivity contribution < 1.29 is 0 Å². The third-order valence-corrected chi connectivity index (χ3v) is 7.16. The van der Waals surface area contributed by atoms with E-state index in [9.17, 15) is 0 Å². The SMILES string of the molecule is c1ccc2c(c1)Cc1cc3c(cc1-2)Cc1cc2c4ccncc4n4ccnc4c2cc1-3. The van der Waals surface area contributed by atoms with Gasteiger partial charge in [0, 0.05) is 29.4 Å². The summed E-state index contributed by atoms with van der Waals surface area (Å²) >= 11 is 0. The minimum absolute atomic E-state index is 0.988. The van der Waals surface area contributed by atoms with Crippen molar-refractivity contribution in [2.45, 2.75) is 12.8 Å². The normalized spacial score (nSPS) is 13.5. The number of nitrogens with zero attached hydrogens (tertiary/aromatic N) is 3. The molecule has 0 unspecified atom stereocenters. The van der Waals surface area contributed by atoms with Gasteiger partial charge in [-0.05, 0) is 93.1 Å². The summed E-state index contributed by atoms with van der Waals surface area (Å²) in [6, 6.07) is 20.6. The van der Waals surface area contributed by atoms with Crippen molar-refractivity contribution >= 4 is 27.3 Å². The van der Waals surface area contributed by atoms with Crippen LogP contribution in [0.25, 0.3) is 49.6 Å². The second kappa shape index (κ2) is 5.38. The van der Waals surface area contributed by atoms with Crippen LogP contribution in [0.3, 0.4) is 0 Å². The van der Waals surface area contributed by atoms with Crippen LogP contribution in [0.15, 0.2) is 79.4 Å². The number of rotatable bonds is 0. The van der Waals surface area contributed by atoms with Gasteiger partial charge in [0.15, 0.2) is 0 Å².